The maximum atomic E-state index is 13.3. The van der Waals surface area contributed by atoms with Gasteiger partial charge in [-0.25, -0.2) is 9.48 Å². The fraction of sp³-hybridized carbons (Fsp3) is 0.346. The monoisotopic (exact) mass is 622 g/mol. The van der Waals surface area contributed by atoms with Gasteiger partial charge >= 0.3 is 11.9 Å². The van der Waals surface area contributed by atoms with Crippen molar-refractivity contribution in [1.82, 2.24) is 34.4 Å². The number of hydrogen-bond donors (Lipinski definition) is 2. The Labute approximate surface area is 246 Å². The van der Waals surface area contributed by atoms with E-state index in [4.69, 9.17) is 23.2 Å². The third kappa shape index (κ3) is 5.25. The molecule has 2 N–H and O–H groups in total. The zero-order chi connectivity index (χ0) is 29.8. The molecule has 220 valence electrons. The van der Waals surface area contributed by atoms with Crippen molar-refractivity contribution < 1.29 is 23.1 Å². The first-order valence-corrected chi connectivity index (χ1v) is 13.6. The average molecular weight is 623 g/mol. The Kier molecular flexibility index (Phi) is 7.02. The van der Waals surface area contributed by atoms with Gasteiger partial charge in [0.15, 0.2) is 17.8 Å². The largest absolute Gasteiger partial charge is 0.416 e. The third-order valence-corrected chi connectivity index (χ3v) is 7.87. The van der Waals surface area contributed by atoms with Gasteiger partial charge in [-0.1, -0.05) is 35.3 Å². The fourth-order valence-corrected chi connectivity index (χ4v) is 5.56. The Morgan fingerprint density at radius 2 is 1.76 bits per heavy atom. The van der Waals surface area contributed by atoms with Gasteiger partial charge < -0.3 is 15.3 Å². The number of hydrogen-bond acceptors (Lipinski definition) is 7. The van der Waals surface area contributed by atoms with Crippen LogP contribution in [0.3, 0.4) is 0 Å². The summed E-state index contributed by atoms with van der Waals surface area (Å²) >= 11 is 12.4. The van der Waals surface area contributed by atoms with Crippen LogP contribution in [0.2, 0.25) is 10.0 Å². The minimum Gasteiger partial charge on any atom is -0.382 e. The molecule has 0 radical (unpaired) electrons. The predicted octanol–water partition coefficient (Wildman–Crippen LogP) is 2.90. The zero-order valence-electron chi connectivity index (χ0n) is 21.7. The van der Waals surface area contributed by atoms with Crippen LogP contribution in [0.4, 0.5) is 19.1 Å². The molecule has 0 bridgehead atoms. The van der Waals surface area contributed by atoms with Gasteiger partial charge in [0, 0.05) is 42.1 Å². The van der Waals surface area contributed by atoms with Crippen molar-refractivity contribution in [2.75, 3.05) is 24.5 Å². The number of nitrogens with zero attached hydrogens (tertiary/aromatic N) is 7. The maximum Gasteiger partial charge on any atom is 0.416 e. The summed E-state index contributed by atoms with van der Waals surface area (Å²) < 4.78 is 42.9. The van der Waals surface area contributed by atoms with Crippen LogP contribution in [0, 0.1) is 5.41 Å². The van der Waals surface area contributed by atoms with Gasteiger partial charge in [0.05, 0.1) is 17.3 Å². The summed E-state index contributed by atoms with van der Waals surface area (Å²) in [6.45, 7) is 0.297. The quantitative estimate of drug-likeness (QED) is 0.325. The molecule has 2 aliphatic rings. The number of aliphatic hydroxyl groups excluding tert-OH is 1. The van der Waals surface area contributed by atoms with Crippen LogP contribution in [0.5, 0.6) is 0 Å². The first-order chi connectivity index (χ1) is 19.9. The van der Waals surface area contributed by atoms with E-state index in [2.05, 4.69) is 20.5 Å². The topological polar surface area (TPSA) is 123 Å². The van der Waals surface area contributed by atoms with E-state index in [1.165, 1.54) is 28.9 Å². The molecule has 16 heteroatoms. The second-order valence-electron chi connectivity index (χ2n) is 10.4. The Morgan fingerprint density at radius 3 is 2.40 bits per heavy atom. The lowest BCUT2D eigenvalue weighted by Crippen LogP contribution is -2.58. The molecule has 2 saturated heterocycles. The summed E-state index contributed by atoms with van der Waals surface area (Å²) in [6.07, 6.45) is -7.34. The number of alkyl halides is 3. The normalized spacial score (nSPS) is 17.0. The molecule has 1 atom stereocenters. The molecule has 2 aliphatic heterocycles. The van der Waals surface area contributed by atoms with Crippen LogP contribution in [0.25, 0.3) is 17.1 Å². The van der Waals surface area contributed by atoms with Gasteiger partial charge in [-0.2, -0.15) is 22.8 Å². The van der Waals surface area contributed by atoms with Gasteiger partial charge in [0.25, 0.3) is 0 Å². The molecule has 2 fully saturated rings. The Hall–Kier alpha value is -3.88. The molecular weight excluding hydrogens is 600 g/mol. The van der Waals surface area contributed by atoms with E-state index in [0.29, 0.717) is 53.3 Å². The van der Waals surface area contributed by atoms with Crippen molar-refractivity contribution in [1.29, 1.82) is 0 Å². The second kappa shape index (κ2) is 10.4. The van der Waals surface area contributed by atoms with Gasteiger partial charge in [-0.3, -0.25) is 9.36 Å². The number of anilines is 1. The Morgan fingerprint density at radius 1 is 1.05 bits per heavy atom. The number of rotatable bonds is 7. The van der Waals surface area contributed by atoms with Gasteiger partial charge in [-0.15, -0.1) is 10.2 Å². The summed E-state index contributed by atoms with van der Waals surface area (Å²) in [5.41, 5.74) is -0.248. The van der Waals surface area contributed by atoms with Crippen molar-refractivity contribution >= 4 is 35.1 Å². The van der Waals surface area contributed by atoms with Gasteiger partial charge in [-0.05, 0) is 36.4 Å². The van der Waals surface area contributed by atoms with Crippen molar-refractivity contribution in [3.8, 4) is 17.1 Å². The number of halogens is 5. The fourth-order valence-electron chi connectivity index (χ4n) is 5.21. The van der Waals surface area contributed by atoms with E-state index < -0.39 is 24.5 Å². The summed E-state index contributed by atoms with van der Waals surface area (Å²) in [6, 6.07) is 13.0. The first-order valence-electron chi connectivity index (χ1n) is 12.8. The molecule has 2 aromatic heterocycles. The van der Waals surface area contributed by atoms with Crippen LogP contribution >= 0.6 is 23.2 Å². The molecule has 0 unspecified atom stereocenters. The predicted molar refractivity (Wildman–Crippen MR) is 147 cm³/mol. The second-order valence-corrected chi connectivity index (χ2v) is 11.3. The number of carbonyl (C=O) groups is 1. The summed E-state index contributed by atoms with van der Waals surface area (Å²) in [7, 11) is 0. The van der Waals surface area contributed by atoms with Crippen LogP contribution in [0.1, 0.15) is 12.2 Å². The number of aromatic nitrogens is 6. The van der Waals surface area contributed by atoms with E-state index >= 15 is 0 Å². The highest BCUT2D eigenvalue weighted by atomic mass is 35.5. The third-order valence-electron chi connectivity index (χ3n) is 7.30. The molecule has 0 aliphatic carbocycles. The molecule has 6 rings (SSSR count). The lowest BCUT2D eigenvalue weighted by molar-refractivity contribution is -0.207. The molecule has 0 saturated carbocycles. The van der Waals surface area contributed by atoms with Crippen molar-refractivity contribution in [2.45, 2.75) is 31.8 Å². The van der Waals surface area contributed by atoms with Crippen LogP contribution < -0.4 is 15.9 Å². The minimum atomic E-state index is -4.95. The summed E-state index contributed by atoms with van der Waals surface area (Å²) in [4.78, 5) is 31.8. The zero-order valence-corrected chi connectivity index (χ0v) is 23.2. The number of para-hydroxylation sites is 1. The molecule has 1 amide bonds. The highest BCUT2D eigenvalue weighted by molar-refractivity contribution is 6.32. The molecule has 4 heterocycles. The molecule has 11 nitrogen and oxygen atoms in total. The number of aliphatic hydroxyl groups is 1. The maximum absolute atomic E-state index is 13.3. The number of amides is 1. The standard InChI is InChI=1S/C26H23Cl2F3N8O3/c27-16-7-5-15(6-8-16)22-35-38(24(42)37(22)10-19(40)26(29,30)31)11-20-33-23(36-13-25(14-36)9-21(41)32-12-25)39(34-20)18-4-2-1-3-17(18)28/h1-8,19,40H,9-14H2,(H,32,41)/t19-/m0/s1. The number of benzene rings is 2. The van der Waals surface area contributed by atoms with Crippen molar-refractivity contribution in [3.05, 3.63) is 74.9 Å². The van der Waals surface area contributed by atoms with Crippen LogP contribution in [-0.4, -0.2) is 72.0 Å². The average Bonchev–Trinajstić information content (AvgIpc) is 3.60. The lowest BCUT2D eigenvalue weighted by atomic mass is 9.79. The van der Waals surface area contributed by atoms with Gasteiger partial charge in [0.1, 0.15) is 6.54 Å². The van der Waals surface area contributed by atoms with Crippen molar-refractivity contribution in [3.63, 3.8) is 0 Å². The van der Waals surface area contributed by atoms with E-state index in [1.54, 1.807) is 24.3 Å². The highest BCUT2D eigenvalue weighted by Gasteiger charge is 2.49. The molecule has 4 aromatic rings. The van der Waals surface area contributed by atoms with E-state index in [0.717, 1.165) is 9.25 Å². The van der Waals surface area contributed by atoms with Crippen molar-refractivity contribution in [2.24, 2.45) is 5.41 Å². The summed E-state index contributed by atoms with van der Waals surface area (Å²) in [5, 5.41) is 22.3. The minimum absolute atomic E-state index is 0.00926. The number of carbonyl (C=O) groups excluding carboxylic acids is 1. The van der Waals surface area contributed by atoms with Crippen LogP contribution in [0.15, 0.2) is 53.3 Å². The highest BCUT2D eigenvalue weighted by Crippen LogP contribution is 2.40. The van der Waals surface area contributed by atoms with E-state index in [-0.39, 0.29) is 29.5 Å². The number of nitrogens with one attached hydrogen (secondary N) is 1. The molecule has 42 heavy (non-hydrogen) atoms. The Balaban J connectivity index is 1.37. The molecule has 2 aromatic carbocycles. The van der Waals surface area contributed by atoms with Crippen LogP contribution in [-0.2, 0) is 17.9 Å². The SMILES string of the molecule is O=C1CC2(CN1)CN(c1nc(Cn3nc(-c4ccc(Cl)cc4)n(C[C@H](O)C(F)(F)F)c3=O)nn1-c1ccccc1Cl)C2. The smallest absolute Gasteiger partial charge is 0.382 e. The molecular formula is C26H23Cl2F3N8O3. The Bertz CT molecular complexity index is 1710. The first kappa shape index (κ1) is 28.2. The van der Waals surface area contributed by atoms with E-state index in [1.807, 2.05) is 4.90 Å². The molecule has 1 spiro atoms. The lowest BCUT2D eigenvalue weighted by Gasteiger charge is -2.47. The van der Waals surface area contributed by atoms with Gasteiger partial charge in [0.2, 0.25) is 11.9 Å². The van der Waals surface area contributed by atoms with E-state index in [9.17, 15) is 27.9 Å². The summed E-state index contributed by atoms with van der Waals surface area (Å²) in [5.74, 6) is 0.483.